The van der Waals surface area contributed by atoms with Crippen molar-refractivity contribution in [1.29, 1.82) is 0 Å². The molecule has 0 saturated heterocycles. The van der Waals surface area contributed by atoms with Crippen LogP contribution in [0, 0.1) is 29.9 Å². The van der Waals surface area contributed by atoms with E-state index in [2.05, 4.69) is 133 Å². The Morgan fingerprint density at radius 3 is 2.25 bits per heavy atom. The Bertz CT molecular complexity index is 2130. The molecule has 7 rings (SSSR count). The maximum absolute atomic E-state index is 6.10. The zero-order chi connectivity index (χ0) is 37.2. The molecule has 0 N–H and O–H groups in total. The molecule has 53 heavy (non-hydrogen) atoms. The van der Waals surface area contributed by atoms with E-state index < -0.39 is 8.07 Å². The van der Waals surface area contributed by atoms with Gasteiger partial charge in [-0.15, -0.1) is 53.6 Å². The number of pyridine rings is 3. The van der Waals surface area contributed by atoms with Crippen molar-refractivity contribution in [2.45, 2.75) is 112 Å². The summed E-state index contributed by atoms with van der Waals surface area (Å²) in [5.74, 6) is 2.64. The Hall–Kier alpha value is -3.44. The van der Waals surface area contributed by atoms with Crippen molar-refractivity contribution in [1.82, 2.24) is 15.0 Å². The van der Waals surface area contributed by atoms with Crippen molar-refractivity contribution in [2.75, 3.05) is 0 Å². The van der Waals surface area contributed by atoms with Gasteiger partial charge in [-0.25, -0.2) is 4.98 Å². The van der Waals surface area contributed by atoms with E-state index in [1.807, 2.05) is 30.5 Å². The van der Waals surface area contributed by atoms with Gasteiger partial charge >= 0.3 is 0 Å². The second-order valence-corrected chi connectivity index (χ2v) is 22.7. The first-order valence-electron chi connectivity index (χ1n) is 19.4. The molecule has 6 heteroatoms. The molecule has 4 heterocycles. The largest absolute Gasteiger partial charge is 0.486 e. The third kappa shape index (κ3) is 9.45. The van der Waals surface area contributed by atoms with E-state index in [1.54, 1.807) is 6.20 Å². The van der Waals surface area contributed by atoms with Crippen LogP contribution in [-0.4, -0.2) is 23.0 Å². The number of aromatic nitrogens is 3. The van der Waals surface area contributed by atoms with Crippen molar-refractivity contribution in [3.05, 3.63) is 108 Å². The molecular formula is C47H57IrN3OSi-2. The molecule has 2 aromatic carbocycles. The van der Waals surface area contributed by atoms with Gasteiger partial charge in [0, 0.05) is 44.1 Å². The number of hydrogen-bond acceptors (Lipinski definition) is 4. The van der Waals surface area contributed by atoms with Gasteiger partial charge in [-0.1, -0.05) is 110 Å². The summed E-state index contributed by atoms with van der Waals surface area (Å²) in [6.07, 6.45) is 12.4. The van der Waals surface area contributed by atoms with Crippen LogP contribution < -0.4 is 5.19 Å². The van der Waals surface area contributed by atoms with Crippen LogP contribution in [-0.2, 0) is 31.9 Å². The summed E-state index contributed by atoms with van der Waals surface area (Å²) in [5, 5.41) is 3.60. The molecular weight excluding hydrogens is 843 g/mol. The van der Waals surface area contributed by atoms with E-state index in [0.29, 0.717) is 23.5 Å². The van der Waals surface area contributed by atoms with Crippen LogP contribution in [0.5, 0.6) is 0 Å². The number of benzene rings is 2. The fourth-order valence-corrected chi connectivity index (χ4v) is 9.67. The summed E-state index contributed by atoms with van der Waals surface area (Å²) in [7, 11) is -1.38. The predicted octanol–water partition coefficient (Wildman–Crippen LogP) is 12.4. The Morgan fingerprint density at radius 2 is 1.57 bits per heavy atom. The van der Waals surface area contributed by atoms with Crippen LogP contribution >= 0.6 is 0 Å². The second kappa shape index (κ2) is 16.9. The maximum Gasteiger partial charge on any atom is 0.216 e. The van der Waals surface area contributed by atoms with E-state index in [1.165, 1.54) is 47.6 Å². The molecule has 0 aliphatic heterocycles. The fourth-order valence-electron chi connectivity index (χ4n) is 8.08. The molecule has 4 nitrogen and oxygen atoms in total. The smallest absolute Gasteiger partial charge is 0.216 e. The summed E-state index contributed by atoms with van der Waals surface area (Å²) in [6.45, 7) is 23.2. The number of rotatable bonds is 8. The summed E-state index contributed by atoms with van der Waals surface area (Å²) in [6, 6.07) is 28.0. The number of nitrogens with zero attached hydrogens (tertiary/aromatic N) is 3. The molecule has 281 valence electrons. The van der Waals surface area contributed by atoms with Gasteiger partial charge in [0.05, 0.1) is 13.7 Å². The van der Waals surface area contributed by atoms with Crippen LogP contribution in [0.25, 0.3) is 44.6 Å². The first kappa shape index (κ1) is 40.7. The minimum Gasteiger partial charge on any atom is -0.486 e. The molecule has 1 radical (unpaired) electrons. The van der Waals surface area contributed by atoms with Gasteiger partial charge < -0.3 is 14.4 Å². The SMILES string of the molecule is CC(C)C(c1ccnc(-c2[c-]ccc3c2oc2ncccc23)c1)C1CCCC1.CC(C)Cc1cc(-c2[c-]ccc(C(C)(C)C)c2)ncc1[Si](C)(C)C.[Ir]. The van der Waals surface area contributed by atoms with Crippen molar-refractivity contribution in [3.8, 4) is 22.5 Å². The van der Waals surface area contributed by atoms with Crippen LogP contribution in [0.4, 0.5) is 0 Å². The van der Waals surface area contributed by atoms with E-state index in [9.17, 15) is 0 Å². The average Bonchev–Trinajstić information content (AvgIpc) is 3.76. The zero-order valence-corrected chi connectivity index (χ0v) is 36.8. The van der Waals surface area contributed by atoms with Gasteiger partial charge in [-0.05, 0) is 88.7 Å². The quantitative estimate of drug-likeness (QED) is 0.113. The van der Waals surface area contributed by atoms with Gasteiger partial charge in [0.15, 0.2) is 0 Å². The van der Waals surface area contributed by atoms with E-state index >= 15 is 0 Å². The zero-order valence-electron chi connectivity index (χ0n) is 33.4. The maximum atomic E-state index is 6.10. The second-order valence-electron chi connectivity index (χ2n) is 17.7. The molecule has 1 aliphatic carbocycles. The molecule has 1 atom stereocenters. The van der Waals surface area contributed by atoms with Gasteiger partial charge in [0.2, 0.25) is 5.71 Å². The minimum absolute atomic E-state index is 0. The normalized spacial score (nSPS) is 14.4. The molecule has 4 aromatic heterocycles. The molecule has 0 amide bonds. The monoisotopic (exact) mass is 900 g/mol. The minimum atomic E-state index is -1.38. The van der Waals surface area contributed by atoms with Gasteiger partial charge in [-0.2, -0.15) is 0 Å². The summed E-state index contributed by atoms with van der Waals surface area (Å²) >= 11 is 0. The van der Waals surface area contributed by atoms with E-state index in [-0.39, 0.29) is 25.5 Å². The number of furan rings is 1. The molecule has 6 aromatic rings. The predicted molar refractivity (Wildman–Crippen MR) is 222 cm³/mol. The van der Waals surface area contributed by atoms with Gasteiger partial charge in [-0.3, -0.25) is 0 Å². The van der Waals surface area contributed by atoms with E-state index in [4.69, 9.17) is 9.40 Å². The molecule has 1 unspecified atom stereocenters. The Kier molecular flexibility index (Phi) is 13.0. The van der Waals surface area contributed by atoms with Crippen LogP contribution in [0.2, 0.25) is 19.6 Å². The Balaban J connectivity index is 0.000000203. The fraction of sp³-hybridized carbons (Fsp3) is 0.426. The molecule has 1 fully saturated rings. The molecule has 1 aliphatic rings. The van der Waals surface area contributed by atoms with Crippen molar-refractivity contribution in [3.63, 3.8) is 0 Å². The first-order chi connectivity index (χ1) is 24.7. The molecule has 1 saturated carbocycles. The first-order valence-corrected chi connectivity index (χ1v) is 22.9. The summed E-state index contributed by atoms with van der Waals surface area (Å²) in [4.78, 5) is 13.9. The van der Waals surface area contributed by atoms with Crippen LogP contribution in [0.1, 0.15) is 96.8 Å². The van der Waals surface area contributed by atoms with Crippen LogP contribution in [0.15, 0.2) is 83.7 Å². The topological polar surface area (TPSA) is 51.8 Å². The molecule has 0 spiro atoms. The van der Waals surface area contributed by atoms with Crippen molar-refractivity contribution >= 4 is 35.3 Å². The third-order valence-electron chi connectivity index (χ3n) is 10.6. The standard InChI is InChI=1S/C25H25N2O.C22H32NSi.Ir/c1-16(2)23(17-7-3-4-8-17)18-12-14-26-22(15-18)21-10-5-9-19-20-11-6-13-27-25(20)28-24(19)21;1-16(2)12-18-14-20(23-15-21(18)24(6,7)8)17-10-9-11-19(13-17)22(3,4)5;/h5-6,9,11-17,23H,3-4,7-8H2,1-2H3;9,11,13-16H,12H2,1-8H3;/q2*-1;. The summed E-state index contributed by atoms with van der Waals surface area (Å²) < 4.78 is 6.10. The Labute approximate surface area is 333 Å². The average molecular weight is 900 g/mol. The summed E-state index contributed by atoms with van der Waals surface area (Å²) in [5.41, 5.74) is 9.85. The van der Waals surface area contributed by atoms with Crippen molar-refractivity contribution < 1.29 is 24.5 Å². The van der Waals surface area contributed by atoms with Gasteiger partial charge in [0.1, 0.15) is 0 Å². The van der Waals surface area contributed by atoms with Gasteiger partial charge in [0.25, 0.3) is 0 Å². The number of fused-ring (bicyclic) bond motifs is 3. The Morgan fingerprint density at radius 1 is 0.830 bits per heavy atom. The molecule has 0 bridgehead atoms. The van der Waals surface area contributed by atoms with Crippen molar-refractivity contribution in [2.24, 2.45) is 17.8 Å². The van der Waals surface area contributed by atoms with E-state index in [0.717, 1.165) is 51.2 Å². The van der Waals surface area contributed by atoms with Crippen LogP contribution in [0.3, 0.4) is 0 Å². The number of hydrogen-bond donors (Lipinski definition) is 0. The third-order valence-corrected chi connectivity index (χ3v) is 12.7.